The van der Waals surface area contributed by atoms with E-state index in [1.807, 2.05) is 6.92 Å². The summed E-state index contributed by atoms with van der Waals surface area (Å²) in [6.45, 7) is 6.83. The molecule has 0 atom stereocenters. The number of ether oxygens (including phenoxy) is 1. The molecule has 0 saturated carbocycles. The Hall–Kier alpha value is -0.860. The maximum absolute atomic E-state index is 11.3. The van der Waals surface area contributed by atoms with Gasteiger partial charge in [-0.2, -0.15) is 13.1 Å². The van der Waals surface area contributed by atoms with Gasteiger partial charge in [0.25, 0.3) is 0 Å². The summed E-state index contributed by atoms with van der Waals surface area (Å²) >= 11 is 0. The maximum atomic E-state index is 11.3. The van der Waals surface area contributed by atoms with Crippen molar-refractivity contribution < 1.29 is 17.9 Å². The van der Waals surface area contributed by atoms with Gasteiger partial charge in [0.15, 0.2) is 0 Å². The Labute approximate surface area is 102 Å². The number of hydrogen-bond donors (Lipinski definition) is 3. The lowest BCUT2D eigenvalue weighted by molar-refractivity contribution is 0.121. The molecule has 0 radical (unpaired) electrons. The minimum atomic E-state index is -3.83. The smallest absolute Gasteiger partial charge is 0.422 e. The normalized spacial score (nSPS) is 11.5. The highest BCUT2D eigenvalue weighted by Crippen LogP contribution is 1.89. The predicted molar refractivity (Wildman–Crippen MR) is 64.8 cm³/mol. The minimum Gasteiger partial charge on any atom is -0.446 e. The molecule has 1 amide bonds. The molecule has 3 N–H and O–H groups in total. The second-order valence-corrected chi connectivity index (χ2v) is 5.20. The van der Waals surface area contributed by atoms with Crippen molar-refractivity contribution in [3.63, 3.8) is 0 Å². The lowest BCUT2D eigenvalue weighted by Crippen LogP contribution is -2.43. The predicted octanol–water partition coefficient (Wildman–Crippen LogP) is -0.0450. The molecule has 0 unspecified atom stereocenters. The van der Waals surface area contributed by atoms with Crippen LogP contribution in [-0.4, -0.2) is 40.2 Å². The molecule has 0 bridgehead atoms. The monoisotopic (exact) mass is 267 g/mol. The fourth-order valence-corrected chi connectivity index (χ4v) is 1.67. The molecule has 0 spiro atoms. The van der Waals surface area contributed by atoms with E-state index < -0.39 is 16.3 Å². The zero-order valence-electron chi connectivity index (χ0n) is 10.4. The second kappa shape index (κ2) is 8.26. The molecule has 17 heavy (non-hydrogen) atoms. The summed E-state index contributed by atoms with van der Waals surface area (Å²) in [5.41, 5.74) is 0. The summed E-state index contributed by atoms with van der Waals surface area (Å²) in [5.74, 6) is 0. The molecule has 8 heteroatoms. The molecule has 0 aromatic heterocycles. The number of amides is 1. The Morgan fingerprint density at radius 2 is 1.88 bits per heavy atom. The number of carbonyl (C=O) groups excluding carboxylic acids is 1. The third-order valence-corrected chi connectivity index (χ3v) is 2.60. The van der Waals surface area contributed by atoms with Crippen molar-refractivity contribution in [1.29, 1.82) is 0 Å². The molecule has 0 aromatic rings. The van der Waals surface area contributed by atoms with Gasteiger partial charge in [-0.15, -0.1) is 0 Å². The molecular formula is C9H21N3O4S. The molecule has 7 nitrogen and oxygen atoms in total. The SMILES string of the molecule is CCCNCCNS(=O)(=O)NC(=O)OC(C)C. The first-order chi connectivity index (χ1) is 7.87. The number of hydrogen-bond acceptors (Lipinski definition) is 5. The van der Waals surface area contributed by atoms with E-state index in [1.165, 1.54) is 0 Å². The topological polar surface area (TPSA) is 96.5 Å². The molecule has 0 aliphatic carbocycles. The fraction of sp³-hybridized carbons (Fsp3) is 0.889. The van der Waals surface area contributed by atoms with Crippen molar-refractivity contribution >= 4 is 16.3 Å². The Balaban J connectivity index is 3.84. The first kappa shape index (κ1) is 16.1. The van der Waals surface area contributed by atoms with E-state index in [0.717, 1.165) is 13.0 Å². The van der Waals surface area contributed by atoms with E-state index in [-0.39, 0.29) is 12.6 Å². The summed E-state index contributed by atoms with van der Waals surface area (Å²) in [4.78, 5) is 11.0. The van der Waals surface area contributed by atoms with E-state index in [2.05, 4.69) is 14.8 Å². The van der Waals surface area contributed by atoms with Crippen LogP contribution in [0.5, 0.6) is 0 Å². The van der Waals surface area contributed by atoms with Crippen molar-refractivity contribution in [3.05, 3.63) is 0 Å². The van der Waals surface area contributed by atoms with Crippen LogP contribution in [0.25, 0.3) is 0 Å². The first-order valence-corrected chi connectivity index (χ1v) is 7.04. The lowest BCUT2D eigenvalue weighted by Gasteiger charge is -2.10. The highest BCUT2D eigenvalue weighted by molar-refractivity contribution is 7.88. The Morgan fingerprint density at radius 3 is 2.41 bits per heavy atom. The van der Waals surface area contributed by atoms with Gasteiger partial charge in [0.1, 0.15) is 0 Å². The molecule has 0 aliphatic heterocycles. The standard InChI is InChI=1S/C9H21N3O4S/c1-4-5-10-6-7-11-17(14,15)12-9(13)16-8(2)3/h8,10-11H,4-7H2,1-3H3,(H,12,13). The van der Waals surface area contributed by atoms with Crippen LogP contribution in [0.4, 0.5) is 4.79 Å². The quantitative estimate of drug-likeness (QED) is 0.536. The van der Waals surface area contributed by atoms with Crippen LogP contribution in [0.3, 0.4) is 0 Å². The molecule has 0 fully saturated rings. The van der Waals surface area contributed by atoms with Gasteiger partial charge < -0.3 is 10.1 Å². The fourth-order valence-electron chi connectivity index (χ4n) is 0.959. The zero-order valence-corrected chi connectivity index (χ0v) is 11.3. The third kappa shape index (κ3) is 10.0. The molecule has 0 saturated heterocycles. The van der Waals surface area contributed by atoms with E-state index in [0.29, 0.717) is 6.54 Å². The van der Waals surface area contributed by atoms with Gasteiger partial charge in [0.05, 0.1) is 6.10 Å². The van der Waals surface area contributed by atoms with Gasteiger partial charge in [-0.25, -0.2) is 9.52 Å². The Bertz CT molecular complexity index is 316. The number of rotatable bonds is 8. The average Bonchev–Trinajstić information content (AvgIpc) is 2.14. The lowest BCUT2D eigenvalue weighted by atomic mass is 10.5. The average molecular weight is 267 g/mol. The Morgan fingerprint density at radius 1 is 1.24 bits per heavy atom. The van der Waals surface area contributed by atoms with Gasteiger partial charge in [-0.3, -0.25) is 0 Å². The molecular weight excluding hydrogens is 246 g/mol. The van der Waals surface area contributed by atoms with Crippen LogP contribution in [0.2, 0.25) is 0 Å². The summed E-state index contributed by atoms with van der Waals surface area (Å²) in [5, 5.41) is 3.02. The van der Waals surface area contributed by atoms with Crippen LogP contribution in [0, 0.1) is 0 Å². The molecule has 102 valence electrons. The van der Waals surface area contributed by atoms with Gasteiger partial charge >= 0.3 is 16.3 Å². The molecule has 0 aliphatic rings. The summed E-state index contributed by atoms with van der Waals surface area (Å²) in [7, 11) is -3.83. The highest BCUT2D eigenvalue weighted by Gasteiger charge is 2.15. The van der Waals surface area contributed by atoms with Crippen molar-refractivity contribution in [3.8, 4) is 0 Å². The molecule has 0 aromatic carbocycles. The van der Waals surface area contributed by atoms with Gasteiger partial charge in [-0.1, -0.05) is 6.92 Å². The van der Waals surface area contributed by atoms with E-state index in [1.54, 1.807) is 18.6 Å². The minimum absolute atomic E-state index is 0.213. The second-order valence-electron chi connectivity index (χ2n) is 3.70. The summed E-state index contributed by atoms with van der Waals surface area (Å²) in [6, 6.07) is 0. The van der Waals surface area contributed by atoms with Crippen molar-refractivity contribution in [2.24, 2.45) is 0 Å². The van der Waals surface area contributed by atoms with Gasteiger partial charge in [-0.05, 0) is 26.8 Å². The zero-order chi connectivity index (χ0) is 13.3. The number of carbonyl (C=O) groups is 1. The summed E-state index contributed by atoms with van der Waals surface area (Å²) in [6.07, 6.45) is -0.364. The van der Waals surface area contributed by atoms with Gasteiger partial charge in [0.2, 0.25) is 0 Å². The van der Waals surface area contributed by atoms with E-state index in [9.17, 15) is 13.2 Å². The van der Waals surface area contributed by atoms with Crippen molar-refractivity contribution in [2.45, 2.75) is 33.3 Å². The molecule has 0 rings (SSSR count). The molecule has 0 heterocycles. The number of nitrogens with one attached hydrogen (secondary N) is 3. The van der Waals surface area contributed by atoms with Gasteiger partial charge in [0, 0.05) is 13.1 Å². The largest absolute Gasteiger partial charge is 0.446 e. The van der Waals surface area contributed by atoms with Crippen LogP contribution in [0.1, 0.15) is 27.2 Å². The van der Waals surface area contributed by atoms with Crippen LogP contribution in [-0.2, 0) is 14.9 Å². The van der Waals surface area contributed by atoms with E-state index >= 15 is 0 Å². The van der Waals surface area contributed by atoms with Crippen LogP contribution >= 0.6 is 0 Å². The third-order valence-electron chi connectivity index (χ3n) is 1.58. The maximum Gasteiger partial charge on any atom is 0.422 e. The Kier molecular flexibility index (Phi) is 7.85. The summed E-state index contributed by atoms with van der Waals surface area (Å²) < 4.78 is 31.2. The van der Waals surface area contributed by atoms with E-state index in [4.69, 9.17) is 0 Å². The highest BCUT2D eigenvalue weighted by atomic mass is 32.2. The van der Waals surface area contributed by atoms with Crippen molar-refractivity contribution in [1.82, 2.24) is 14.8 Å². The van der Waals surface area contributed by atoms with Crippen LogP contribution in [0.15, 0.2) is 0 Å². The first-order valence-electron chi connectivity index (χ1n) is 5.56. The van der Waals surface area contributed by atoms with Crippen LogP contribution < -0.4 is 14.8 Å². The van der Waals surface area contributed by atoms with Crippen molar-refractivity contribution in [2.75, 3.05) is 19.6 Å².